The number of fused-ring (bicyclic) bond motifs is 1. The average molecular weight is 442 g/mol. The molecule has 32 heavy (non-hydrogen) atoms. The van der Waals surface area contributed by atoms with Crippen molar-refractivity contribution in [2.75, 3.05) is 0 Å². The van der Waals surface area contributed by atoms with Gasteiger partial charge in [0.1, 0.15) is 11.3 Å². The lowest BCUT2D eigenvalue weighted by Crippen LogP contribution is -2.05. The van der Waals surface area contributed by atoms with Gasteiger partial charge in [0.25, 0.3) is 0 Å². The number of aromatic nitrogens is 5. The molecule has 0 aliphatic heterocycles. The predicted molar refractivity (Wildman–Crippen MR) is 129 cm³/mol. The Morgan fingerprint density at radius 1 is 1.00 bits per heavy atom. The zero-order valence-corrected chi connectivity index (χ0v) is 19.0. The molecule has 0 radical (unpaired) electrons. The van der Waals surface area contributed by atoms with E-state index in [9.17, 15) is 4.79 Å². The van der Waals surface area contributed by atoms with Crippen molar-refractivity contribution < 1.29 is 0 Å². The first-order valence-electron chi connectivity index (χ1n) is 10.6. The van der Waals surface area contributed by atoms with Gasteiger partial charge in [-0.1, -0.05) is 55.5 Å². The van der Waals surface area contributed by atoms with Gasteiger partial charge in [0.05, 0.1) is 6.54 Å². The SMILES string of the molecule is CCc1nc2c(C)cc(C)nc2n1Cc1ccc(-c2ccccc2-c2nsc(=O)[nH]2)cc1. The quantitative estimate of drug-likeness (QED) is 0.410. The van der Waals surface area contributed by atoms with E-state index in [2.05, 4.69) is 64.2 Å². The Hall–Kier alpha value is -3.58. The molecule has 160 valence electrons. The van der Waals surface area contributed by atoms with E-state index in [4.69, 9.17) is 9.97 Å². The highest BCUT2D eigenvalue weighted by atomic mass is 32.1. The fraction of sp³-hybridized carbons (Fsp3) is 0.200. The zero-order chi connectivity index (χ0) is 22.2. The molecule has 0 fully saturated rings. The van der Waals surface area contributed by atoms with E-state index in [0.29, 0.717) is 5.82 Å². The van der Waals surface area contributed by atoms with E-state index in [-0.39, 0.29) is 4.87 Å². The Kier molecular flexibility index (Phi) is 5.19. The number of rotatable bonds is 5. The van der Waals surface area contributed by atoms with Gasteiger partial charge in [0, 0.05) is 29.2 Å². The summed E-state index contributed by atoms with van der Waals surface area (Å²) in [5.74, 6) is 1.65. The van der Waals surface area contributed by atoms with E-state index in [1.165, 1.54) is 5.56 Å². The number of hydrogen-bond acceptors (Lipinski definition) is 5. The molecular weight excluding hydrogens is 418 g/mol. The summed E-state index contributed by atoms with van der Waals surface area (Å²) in [7, 11) is 0. The maximum atomic E-state index is 11.6. The first kappa shape index (κ1) is 20.3. The zero-order valence-electron chi connectivity index (χ0n) is 18.2. The molecule has 6 nitrogen and oxygen atoms in total. The normalized spacial score (nSPS) is 11.3. The smallest absolute Gasteiger partial charge is 0.308 e. The van der Waals surface area contributed by atoms with Crippen molar-refractivity contribution in [2.24, 2.45) is 0 Å². The number of aromatic amines is 1. The van der Waals surface area contributed by atoms with Crippen molar-refractivity contribution in [1.29, 1.82) is 0 Å². The number of H-pyrrole nitrogens is 1. The molecule has 0 unspecified atom stereocenters. The third-order valence-corrected chi connectivity index (χ3v) is 6.19. The minimum absolute atomic E-state index is 0.150. The molecule has 3 aromatic heterocycles. The first-order chi connectivity index (χ1) is 15.5. The molecule has 1 N–H and O–H groups in total. The van der Waals surface area contributed by atoms with Crippen molar-refractivity contribution in [1.82, 2.24) is 23.9 Å². The maximum absolute atomic E-state index is 11.6. The van der Waals surface area contributed by atoms with Crippen molar-refractivity contribution in [3.8, 4) is 22.5 Å². The van der Waals surface area contributed by atoms with Crippen molar-refractivity contribution in [3.63, 3.8) is 0 Å². The number of nitrogens with one attached hydrogen (secondary N) is 1. The molecule has 0 saturated heterocycles. The van der Waals surface area contributed by atoms with Crippen LogP contribution in [0.3, 0.4) is 0 Å². The minimum atomic E-state index is -0.150. The molecule has 0 aliphatic carbocycles. The van der Waals surface area contributed by atoms with Crippen LogP contribution in [-0.2, 0) is 13.0 Å². The number of benzene rings is 2. The molecule has 0 atom stereocenters. The van der Waals surface area contributed by atoms with Gasteiger partial charge in [-0.3, -0.25) is 9.78 Å². The van der Waals surface area contributed by atoms with Gasteiger partial charge >= 0.3 is 4.87 Å². The van der Waals surface area contributed by atoms with Crippen LogP contribution in [0.1, 0.15) is 29.6 Å². The highest BCUT2D eigenvalue weighted by Crippen LogP contribution is 2.30. The van der Waals surface area contributed by atoms with Crippen LogP contribution in [-0.4, -0.2) is 23.9 Å². The molecule has 2 aromatic carbocycles. The van der Waals surface area contributed by atoms with Crippen LogP contribution < -0.4 is 4.87 Å². The Morgan fingerprint density at radius 3 is 2.44 bits per heavy atom. The number of nitrogens with zero attached hydrogens (tertiary/aromatic N) is 4. The highest BCUT2D eigenvalue weighted by Gasteiger charge is 2.14. The summed E-state index contributed by atoms with van der Waals surface area (Å²) < 4.78 is 6.48. The van der Waals surface area contributed by atoms with Crippen LogP contribution in [0.4, 0.5) is 0 Å². The van der Waals surface area contributed by atoms with Crippen molar-refractivity contribution in [2.45, 2.75) is 33.7 Å². The fourth-order valence-electron chi connectivity index (χ4n) is 4.14. The van der Waals surface area contributed by atoms with E-state index < -0.39 is 0 Å². The van der Waals surface area contributed by atoms with Gasteiger partial charge < -0.3 is 4.57 Å². The lowest BCUT2D eigenvalue weighted by Gasteiger charge is -2.11. The molecule has 3 heterocycles. The van der Waals surface area contributed by atoms with E-state index >= 15 is 0 Å². The monoisotopic (exact) mass is 441 g/mol. The number of pyridine rings is 1. The summed E-state index contributed by atoms with van der Waals surface area (Å²) in [6.45, 7) is 6.96. The van der Waals surface area contributed by atoms with E-state index in [1.807, 2.05) is 25.1 Å². The fourth-order valence-corrected chi connectivity index (χ4v) is 4.60. The molecule has 0 bridgehead atoms. The lowest BCUT2D eigenvalue weighted by molar-refractivity contribution is 0.745. The molecule has 0 aliphatic rings. The summed E-state index contributed by atoms with van der Waals surface area (Å²) in [5, 5.41) is 0. The van der Waals surface area contributed by atoms with Crippen molar-refractivity contribution in [3.05, 3.63) is 86.9 Å². The van der Waals surface area contributed by atoms with Crippen LogP contribution in [0.2, 0.25) is 0 Å². The summed E-state index contributed by atoms with van der Waals surface area (Å²) in [4.78, 5) is 23.9. The Labute approximate surface area is 189 Å². The van der Waals surface area contributed by atoms with Crippen molar-refractivity contribution >= 4 is 22.7 Å². The minimum Gasteiger partial charge on any atom is -0.308 e. The van der Waals surface area contributed by atoms with Gasteiger partial charge in [-0.25, -0.2) is 9.97 Å². The molecule has 5 rings (SSSR count). The number of hydrogen-bond donors (Lipinski definition) is 1. The second-order valence-corrected chi connectivity index (χ2v) is 8.64. The second-order valence-electron chi connectivity index (χ2n) is 7.91. The van der Waals surface area contributed by atoms with E-state index in [1.54, 1.807) is 0 Å². The standard InChI is InChI=1S/C25H23N5OS/c1-4-21-27-22-15(2)13-16(3)26-24(22)30(21)14-17-9-11-18(12-10-17)19-7-5-6-8-20(19)23-28-25(31)32-29-23/h5-13H,4,14H2,1-3H3,(H,28,29,31). The topological polar surface area (TPSA) is 76.5 Å². The lowest BCUT2D eigenvalue weighted by atomic mass is 9.98. The summed E-state index contributed by atoms with van der Waals surface area (Å²) in [6, 6.07) is 18.6. The Balaban J connectivity index is 1.51. The number of aryl methyl sites for hydroxylation is 3. The summed E-state index contributed by atoms with van der Waals surface area (Å²) in [5.41, 5.74) is 8.31. The van der Waals surface area contributed by atoms with Crippen LogP contribution in [0.25, 0.3) is 33.7 Å². The largest absolute Gasteiger partial charge is 0.323 e. The van der Waals surface area contributed by atoms with Gasteiger partial charge in [-0.05, 0) is 42.2 Å². The van der Waals surface area contributed by atoms with Gasteiger partial charge in [-0.15, -0.1) is 0 Å². The Morgan fingerprint density at radius 2 is 1.75 bits per heavy atom. The maximum Gasteiger partial charge on any atom is 0.323 e. The third-order valence-electron chi connectivity index (χ3n) is 5.65. The average Bonchev–Trinajstić information content (AvgIpc) is 3.38. The molecule has 0 saturated carbocycles. The van der Waals surface area contributed by atoms with Gasteiger partial charge in [-0.2, -0.15) is 4.37 Å². The van der Waals surface area contributed by atoms with E-state index in [0.717, 1.165) is 69.4 Å². The molecule has 7 heteroatoms. The Bertz CT molecular complexity index is 1480. The summed E-state index contributed by atoms with van der Waals surface area (Å²) in [6.07, 6.45) is 0.853. The van der Waals surface area contributed by atoms with Gasteiger partial charge in [0.2, 0.25) is 0 Å². The molecular formula is C25H23N5OS. The van der Waals surface area contributed by atoms with Crippen LogP contribution in [0.5, 0.6) is 0 Å². The van der Waals surface area contributed by atoms with Crippen LogP contribution in [0, 0.1) is 13.8 Å². The first-order valence-corrected chi connectivity index (χ1v) is 11.4. The highest BCUT2D eigenvalue weighted by molar-refractivity contribution is 7.03. The van der Waals surface area contributed by atoms with Gasteiger partial charge in [0.15, 0.2) is 11.5 Å². The van der Waals surface area contributed by atoms with Crippen LogP contribution in [0.15, 0.2) is 59.4 Å². The molecule has 0 amide bonds. The second kappa shape index (κ2) is 8.16. The van der Waals surface area contributed by atoms with Crippen LogP contribution >= 0.6 is 11.5 Å². The summed E-state index contributed by atoms with van der Waals surface area (Å²) >= 11 is 0.938. The predicted octanol–water partition coefficient (Wildman–Crippen LogP) is 5.14. The molecule has 5 aromatic rings. The molecule has 0 spiro atoms. The third kappa shape index (κ3) is 3.65. The number of imidazole rings is 1.